The van der Waals surface area contributed by atoms with Crippen molar-refractivity contribution < 1.29 is 8.42 Å². The molecule has 7 nitrogen and oxygen atoms in total. The molecule has 0 saturated heterocycles. The summed E-state index contributed by atoms with van der Waals surface area (Å²) in [5.41, 5.74) is 2.71. The van der Waals surface area contributed by atoms with E-state index in [9.17, 15) is 8.42 Å². The predicted molar refractivity (Wildman–Crippen MR) is 103 cm³/mol. The third-order valence-electron chi connectivity index (χ3n) is 3.80. The maximum Gasteiger partial charge on any atom is 0.263 e. The summed E-state index contributed by atoms with van der Waals surface area (Å²) < 4.78 is 27.6. The largest absolute Gasteiger partial charge is 0.339 e. The molecule has 0 fully saturated rings. The van der Waals surface area contributed by atoms with Crippen LogP contribution in [-0.4, -0.2) is 18.6 Å². The van der Waals surface area contributed by atoms with Gasteiger partial charge in [0.15, 0.2) is 11.6 Å². The van der Waals surface area contributed by atoms with Crippen LogP contribution in [0.1, 0.15) is 16.7 Å². The molecule has 0 spiro atoms. The van der Waals surface area contributed by atoms with Gasteiger partial charge in [-0.25, -0.2) is 8.42 Å². The molecule has 0 atom stereocenters. The van der Waals surface area contributed by atoms with Crippen LogP contribution in [-0.2, 0) is 10.0 Å². The molecule has 2 N–H and O–H groups in total. The van der Waals surface area contributed by atoms with Gasteiger partial charge in [0.1, 0.15) is 0 Å². The second kappa shape index (κ2) is 7.43. The molecule has 0 aliphatic heterocycles. The minimum absolute atomic E-state index is 0.118. The fourth-order valence-electron chi connectivity index (χ4n) is 2.46. The van der Waals surface area contributed by atoms with Gasteiger partial charge < -0.3 is 5.32 Å². The van der Waals surface area contributed by atoms with Crippen molar-refractivity contribution in [1.29, 1.82) is 5.26 Å². The fraction of sp³-hybridized carbons (Fsp3) is 0.105. The van der Waals surface area contributed by atoms with Crippen molar-refractivity contribution in [3.8, 4) is 6.07 Å². The van der Waals surface area contributed by atoms with Crippen molar-refractivity contribution in [3.63, 3.8) is 0 Å². The Labute approximate surface area is 157 Å². The number of rotatable bonds is 5. The molecule has 0 aliphatic rings. The van der Waals surface area contributed by atoms with E-state index in [4.69, 9.17) is 5.26 Å². The van der Waals surface area contributed by atoms with E-state index in [2.05, 4.69) is 26.3 Å². The Kier molecular flexibility index (Phi) is 5.05. The van der Waals surface area contributed by atoms with Crippen molar-refractivity contribution in [1.82, 2.24) is 10.2 Å². The Morgan fingerprint density at radius 3 is 2.41 bits per heavy atom. The first-order chi connectivity index (χ1) is 12.9. The summed E-state index contributed by atoms with van der Waals surface area (Å²) >= 11 is 0. The van der Waals surface area contributed by atoms with Gasteiger partial charge in [-0.2, -0.15) is 5.26 Å². The lowest BCUT2D eigenvalue weighted by Crippen LogP contribution is -2.15. The highest BCUT2D eigenvalue weighted by Crippen LogP contribution is 2.21. The quantitative estimate of drug-likeness (QED) is 0.702. The van der Waals surface area contributed by atoms with Gasteiger partial charge in [-0.3, -0.25) is 4.72 Å². The summed E-state index contributed by atoms with van der Waals surface area (Å²) in [5.74, 6) is 0.548. The zero-order chi connectivity index (χ0) is 19.4. The maximum atomic E-state index is 12.6. The number of benzene rings is 2. The number of sulfonamides is 1. The second-order valence-electron chi connectivity index (χ2n) is 6.00. The highest BCUT2D eigenvalue weighted by atomic mass is 32.2. The average Bonchev–Trinajstić information content (AvgIpc) is 2.65. The first-order valence-corrected chi connectivity index (χ1v) is 9.57. The van der Waals surface area contributed by atoms with Crippen LogP contribution in [0.3, 0.4) is 0 Å². The number of anilines is 3. The Balaban J connectivity index is 1.77. The monoisotopic (exact) mass is 379 g/mol. The van der Waals surface area contributed by atoms with Crippen molar-refractivity contribution in [3.05, 3.63) is 71.3 Å². The number of nitriles is 1. The van der Waals surface area contributed by atoms with Crippen LogP contribution in [0.15, 0.2) is 59.5 Å². The molecule has 0 radical (unpaired) electrons. The molecule has 0 aliphatic carbocycles. The Morgan fingerprint density at radius 2 is 1.70 bits per heavy atom. The summed E-state index contributed by atoms with van der Waals surface area (Å²) in [5, 5.41) is 19.8. The highest BCUT2D eigenvalue weighted by Gasteiger charge is 2.18. The molecule has 8 heteroatoms. The lowest BCUT2D eigenvalue weighted by Gasteiger charge is -2.11. The number of aryl methyl sites for hydroxylation is 2. The normalized spacial score (nSPS) is 10.9. The van der Waals surface area contributed by atoms with E-state index in [1.165, 1.54) is 6.07 Å². The van der Waals surface area contributed by atoms with E-state index >= 15 is 0 Å². The summed E-state index contributed by atoms with van der Waals surface area (Å²) in [7, 11) is -3.76. The molecule has 0 saturated carbocycles. The standard InChI is InChI=1S/C19H17N5O2S/c1-13-6-7-14(2)17(10-13)27(25,26)24-19-9-8-18(22-23-19)21-16-5-3-4-15(11-16)12-20/h3-11H,1-2H3,(H,21,22)(H,23,24). The van der Waals surface area contributed by atoms with Gasteiger partial charge in [0, 0.05) is 5.69 Å². The summed E-state index contributed by atoms with van der Waals surface area (Å²) in [6.07, 6.45) is 0. The third kappa shape index (κ3) is 4.40. The van der Waals surface area contributed by atoms with Gasteiger partial charge in [-0.1, -0.05) is 18.2 Å². The smallest absolute Gasteiger partial charge is 0.263 e. The van der Waals surface area contributed by atoms with Gasteiger partial charge in [0.25, 0.3) is 10.0 Å². The van der Waals surface area contributed by atoms with E-state index in [0.717, 1.165) is 5.56 Å². The molecular formula is C19H17N5O2S. The first kappa shape index (κ1) is 18.4. The molecule has 27 heavy (non-hydrogen) atoms. The second-order valence-corrected chi connectivity index (χ2v) is 7.65. The van der Waals surface area contributed by atoms with Gasteiger partial charge >= 0.3 is 0 Å². The van der Waals surface area contributed by atoms with Crippen LogP contribution in [0.25, 0.3) is 0 Å². The molecule has 0 amide bonds. The van der Waals surface area contributed by atoms with E-state index < -0.39 is 10.0 Å². The summed E-state index contributed by atoms with van der Waals surface area (Å²) in [4.78, 5) is 0.208. The Hall–Kier alpha value is -3.44. The molecule has 0 bridgehead atoms. The zero-order valence-electron chi connectivity index (χ0n) is 14.8. The van der Waals surface area contributed by atoms with E-state index in [1.807, 2.05) is 13.0 Å². The summed E-state index contributed by atoms with van der Waals surface area (Å²) in [6.45, 7) is 3.57. The lowest BCUT2D eigenvalue weighted by atomic mass is 10.2. The molecule has 136 valence electrons. The van der Waals surface area contributed by atoms with Crippen molar-refractivity contribution in [2.75, 3.05) is 10.0 Å². The summed E-state index contributed by atoms with van der Waals surface area (Å²) in [6, 6.07) is 17.3. The van der Waals surface area contributed by atoms with Gasteiger partial charge in [0.2, 0.25) is 0 Å². The van der Waals surface area contributed by atoms with Gasteiger partial charge in [-0.05, 0) is 61.4 Å². The predicted octanol–water partition coefficient (Wildman–Crippen LogP) is 3.51. The van der Waals surface area contributed by atoms with Crippen LogP contribution in [0.2, 0.25) is 0 Å². The van der Waals surface area contributed by atoms with Gasteiger partial charge in [0.05, 0.1) is 16.5 Å². The van der Waals surface area contributed by atoms with Crippen LogP contribution < -0.4 is 10.0 Å². The van der Waals surface area contributed by atoms with Crippen LogP contribution >= 0.6 is 0 Å². The number of hydrogen-bond donors (Lipinski definition) is 2. The molecule has 2 aromatic carbocycles. The first-order valence-electron chi connectivity index (χ1n) is 8.08. The van der Waals surface area contributed by atoms with Crippen LogP contribution in [0.5, 0.6) is 0 Å². The van der Waals surface area contributed by atoms with E-state index in [0.29, 0.717) is 22.6 Å². The van der Waals surface area contributed by atoms with Crippen LogP contribution in [0, 0.1) is 25.2 Å². The van der Waals surface area contributed by atoms with Crippen molar-refractivity contribution in [2.24, 2.45) is 0 Å². The maximum absolute atomic E-state index is 12.6. The van der Waals surface area contributed by atoms with Crippen molar-refractivity contribution in [2.45, 2.75) is 18.7 Å². The average molecular weight is 379 g/mol. The number of nitrogens with one attached hydrogen (secondary N) is 2. The minimum atomic E-state index is -3.76. The van der Waals surface area contributed by atoms with Crippen molar-refractivity contribution >= 4 is 27.3 Å². The molecule has 1 aromatic heterocycles. The molecular weight excluding hydrogens is 362 g/mol. The highest BCUT2D eigenvalue weighted by molar-refractivity contribution is 7.92. The molecule has 1 heterocycles. The van der Waals surface area contributed by atoms with Crippen LogP contribution in [0.4, 0.5) is 17.3 Å². The zero-order valence-corrected chi connectivity index (χ0v) is 15.6. The topological polar surface area (TPSA) is 108 Å². The Morgan fingerprint density at radius 1 is 0.963 bits per heavy atom. The molecule has 0 unspecified atom stereocenters. The minimum Gasteiger partial charge on any atom is -0.339 e. The third-order valence-corrected chi connectivity index (χ3v) is 5.30. The number of hydrogen-bond acceptors (Lipinski definition) is 6. The fourth-order valence-corrected chi connectivity index (χ4v) is 3.78. The van der Waals surface area contributed by atoms with E-state index in [1.54, 1.807) is 49.4 Å². The lowest BCUT2D eigenvalue weighted by molar-refractivity contribution is 0.600. The van der Waals surface area contributed by atoms with Gasteiger partial charge in [-0.15, -0.1) is 10.2 Å². The molecule has 3 aromatic rings. The van der Waals surface area contributed by atoms with E-state index in [-0.39, 0.29) is 10.7 Å². The number of nitrogens with zero attached hydrogens (tertiary/aromatic N) is 3. The molecule has 3 rings (SSSR count). The Bertz CT molecular complexity index is 1120. The number of aromatic nitrogens is 2. The SMILES string of the molecule is Cc1ccc(C)c(S(=O)(=O)Nc2ccc(Nc3cccc(C#N)c3)nn2)c1.